The molecule has 0 fully saturated rings. The van der Waals surface area contributed by atoms with Crippen LogP contribution in [0.3, 0.4) is 0 Å². The van der Waals surface area contributed by atoms with Crippen LogP contribution in [0.4, 0.5) is 64.1 Å². The minimum Gasteiger partial charge on any atom is -0.404 e. The lowest BCUT2D eigenvalue weighted by molar-refractivity contribution is -0.145. The molecule has 2 amide bonds. The summed E-state index contributed by atoms with van der Waals surface area (Å²) in [6.45, 7) is 13.7. The van der Waals surface area contributed by atoms with Crippen LogP contribution in [0.15, 0.2) is 89.9 Å². The number of nitrogen functional groups attached to an aromatic ring is 1. The van der Waals surface area contributed by atoms with Crippen molar-refractivity contribution in [3.8, 4) is 0 Å². The molecule has 4 N–H and O–H groups in total. The molecule has 0 spiro atoms. The lowest BCUT2D eigenvalue weighted by Crippen LogP contribution is -2.46. The molecule has 80 heavy (non-hydrogen) atoms. The Bertz CT molecular complexity index is 3270. The number of fused-ring (bicyclic) bond motifs is 1. The summed E-state index contributed by atoms with van der Waals surface area (Å²) in [7, 11) is 0. The normalized spacial score (nSPS) is 13.5. The van der Waals surface area contributed by atoms with Crippen LogP contribution in [-0.4, -0.2) is 78.3 Å². The van der Waals surface area contributed by atoms with Crippen molar-refractivity contribution in [3.63, 3.8) is 0 Å². The maximum Gasteiger partial charge on any atom is 0.435 e. The summed E-state index contributed by atoms with van der Waals surface area (Å²) in [5.41, 5.74) is 4.49. The van der Waals surface area contributed by atoms with E-state index in [0.29, 0.717) is 55.5 Å². The van der Waals surface area contributed by atoms with Gasteiger partial charge in [0.1, 0.15) is 11.4 Å². The van der Waals surface area contributed by atoms with Gasteiger partial charge in [-0.15, -0.1) is 0 Å². The van der Waals surface area contributed by atoms with Gasteiger partial charge in [0, 0.05) is 40.6 Å². The first-order valence-electron chi connectivity index (χ1n) is 23.9. The molecular weight excluding hydrogens is 1120 g/mol. The number of alkyl halides is 12. The van der Waals surface area contributed by atoms with Gasteiger partial charge in [0.05, 0.1) is 40.9 Å². The van der Waals surface area contributed by atoms with Crippen LogP contribution in [0.1, 0.15) is 120 Å². The number of cyclic esters (lactones) is 1. The highest BCUT2D eigenvalue weighted by atomic mass is 32.2. The van der Waals surface area contributed by atoms with Gasteiger partial charge in [-0.3, -0.25) is 19.0 Å². The Morgan fingerprint density at radius 2 is 1.12 bits per heavy atom. The molecular formula is C54H56F12N8O4S2. The number of benzene rings is 4. The van der Waals surface area contributed by atoms with Crippen LogP contribution in [0, 0.1) is 27.7 Å². The summed E-state index contributed by atoms with van der Waals surface area (Å²) in [4.78, 5) is 42.7. The number of aryl methyl sites for hydroxylation is 4. The van der Waals surface area contributed by atoms with Gasteiger partial charge in [-0.1, -0.05) is 48.5 Å². The van der Waals surface area contributed by atoms with Gasteiger partial charge < -0.3 is 21.1 Å². The molecule has 2 aromatic heterocycles. The van der Waals surface area contributed by atoms with Crippen LogP contribution < -0.4 is 16.4 Å². The Kier molecular flexibility index (Phi) is 19.8. The second-order valence-corrected chi connectivity index (χ2v) is 21.5. The predicted octanol–water partition coefficient (Wildman–Crippen LogP) is 13.6. The van der Waals surface area contributed by atoms with Crippen LogP contribution >= 0.6 is 23.5 Å². The van der Waals surface area contributed by atoms with E-state index in [-0.39, 0.29) is 45.0 Å². The number of anilines is 2. The SMILES string of the molecule is CSCC(C)(C)N=C1OC(=O)c2cccc(C)c21.CSCC(C)(C)NC(=O)c1c(C)cccc1C(=O)Nc1ccc(Cn2nc(C(F)(F)F)cc2C(F)(F)F)cc1C.Cc1cc(Cn2nc(C(F)(F)F)cc2C(F)(F)F)ccc1N. The van der Waals surface area contributed by atoms with Crippen LogP contribution in [-0.2, 0) is 42.5 Å². The van der Waals surface area contributed by atoms with Crippen molar-refractivity contribution in [2.24, 2.45) is 4.99 Å². The molecule has 0 radical (unpaired) electrons. The zero-order valence-electron chi connectivity index (χ0n) is 44.7. The summed E-state index contributed by atoms with van der Waals surface area (Å²) >= 11 is 3.29. The number of esters is 1. The number of nitrogens with zero attached hydrogens (tertiary/aromatic N) is 5. The number of ether oxygens (including phenoxy) is 1. The molecule has 0 unspecified atom stereocenters. The van der Waals surface area contributed by atoms with Crippen LogP contribution in [0.25, 0.3) is 0 Å². The Balaban J connectivity index is 0.000000245. The molecule has 4 aromatic carbocycles. The molecule has 7 rings (SSSR count). The smallest absolute Gasteiger partial charge is 0.404 e. The molecule has 0 atom stereocenters. The summed E-state index contributed by atoms with van der Waals surface area (Å²) in [6, 6.07) is 19.1. The molecule has 0 aliphatic carbocycles. The average Bonchev–Trinajstić information content (AvgIpc) is 4.05. The molecule has 1 aliphatic rings. The van der Waals surface area contributed by atoms with Gasteiger partial charge >= 0.3 is 30.7 Å². The zero-order valence-corrected chi connectivity index (χ0v) is 46.3. The van der Waals surface area contributed by atoms with E-state index in [0.717, 1.165) is 16.9 Å². The molecule has 0 bridgehead atoms. The van der Waals surface area contributed by atoms with Crippen LogP contribution in [0.5, 0.6) is 0 Å². The quantitative estimate of drug-likeness (QED) is 0.0581. The third-order valence-electron chi connectivity index (χ3n) is 11.8. The second-order valence-electron chi connectivity index (χ2n) is 19.7. The molecule has 6 aromatic rings. The summed E-state index contributed by atoms with van der Waals surface area (Å²) < 4.78 is 161. The van der Waals surface area contributed by atoms with E-state index < -0.39 is 77.9 Å². The Hall–Kier alpha value is -6.96. The Morgan fingerprint density at radius 1 is 0.625 bits per heavy atom. The summed E-state index contributed by atoms with van der Waals surface area (Å²) in [5, 5.41) is 11.8. The Morgan fingerprint density at radius 3 is 1.61 bits per heavy atom. The number of carbonyl (C=O) groups excluding carboxylic acids is 3. The van der Waals surface area contributed by atoms with Gasteiger partial charge in [0.2, 0.25) is 5.90 Å². The largest absolute Gasteiger partial charge is 0.435 e. The monoisotopic (exact) mass is 1170 g/mol. The van der Waals surface area contributed by atoms with Gasteiger partial charge in [0.25, 0.3) is 11.8 Å². The van der Waals surface area contributed by atoms with Crippen molar-refractivity contribution in [2.75, 3.05) is 35.1 Å². The highest BCUT2D eigenvalue weighted by molar-refractivity contribution is 7.98. The van der Waals surface area contributed by atoms with Crippen molar-refractivity contribution in [2.45, 2.75) is 104 Å². The highest BCUT2D eigenvalue weighted by Gasteiger charge is 2.43. The fraction of sp³-hybridized carbons (Fsp3) is 0.370. The van der Waals surface area contributed by atoms with E-state index in [9.17, 15) is 67.1 Å². The van der Waals surface area contributed by atoms with Gasteiger partial charge in [0.15, 0.2) is 11.4 Å². The van der Waals surface area contributed by atoms with E-state index >= 15 is 0 Å². The van der Waals surface area contributed by atoms with E-state index in [1.165, 1.54) is 42.5 Å². The molecule has 26 heteroatoms. The van der Waals surface area contributed by atoms with Crippen molar-refractivity contribution in [3.05, 3.63) is 163 Å². The first kappa shape index (κ1) is 63.9. The van der Waals surface area contributed by atoms with E-state index in [4.69, 9.17) is 10.5 Å². The fourth-order valence-electron chi connectivity index (χ4n) is 8.12. The molecule has 0 saturated heterocycles. The number of aromatic nitrogens is 4. The fourth-order valence-corrected chi connectivity index (χ4v) is 9.69. The number of hydrogen-bond donors (Lipinski definition) is 3. The minimum absolute atomic E-state index is 0.00413. The maximum absolute atomic E-state index is 13.3. The number of nitrogens with one attached hydrogen (secondary N) is 2. The van der Waals surface area contributed by atoms with Gasteiger partial charge in [-0.05, 0) is 126 Å². The topological polar surface area (TPSA) is 159 Å². The Labute approximate surface area is 461 Å². The predicted molar refractivity (Wildman–Crippen MR) is 284 cm³/mol. The highest BCUT2D eigenvalue weighted by Crippen LogP contribution is 2.38. The van der Waals surface area contributed by atoms with Crippen molar-refractivity contribution >= 4 is 58.6 Å². The second kappa shape index (κ2) is 24.8. The zero-order chi connectivity index (χ0) is 60.1. The molecule has 12 nitrogen and oxygen atoms in total. The first-order valence-corrected chi connectivity index (χ1v) is 26.7. The van der Waals surface area contributed by atoms with E-state index in [1.807, 2.05) is 59.3 Å². The number of amides is 2. The number of nitrogens with two attached hydrogens (primary N) is 1. The van der Waals surface area contributed by atoms with E-state index in [1.54, 1.807) is 62.5 Å². The van der Waals surface area contributed by atoms with Crippen molar-refractivity contribution < 1.29 is 71.8 Å². The molecule has 1 aliphatic heterocycles. The number of carbonyl (C=O) groups is 3. The summed E-state index contributed by atoms with van der Waals surface area (Å²) in [6.07, 6.45) is -16.0. The van der Waals surface area contributed by atoms with Crippen molar-refractivity contribution in [1.82, 2.24) is 24.9 Å². The minimum atomic E-state index is -5.04. The third kappa shape index (κ3) is 16.6. The molecule has 432 valence electrons. The molecule has 0 saturated carbocycles. The third-order valence-corrected chi connectivity index (χ3v) is 13.8. The first-order chi connectivity index (χ1) is 36.8. The number of rotatable bonds is 13. The number of hydrogen-bond acceptors (Lipinski definition) is 10. The molecule has 3 heterocycles. The maximum atomic E-state index is 13.3. The number of aliphatic imine (C=N–C) groups is 1. The number of halogens is 12. The van der Waals surface area contributed by atoms with Gasteiger partial charge in [-0.2, -0.15) is 86.4 Å². The number of thioether (sulfide) groups is 2. The van der Waals surface area contributed by atoms with Crippen molar-refractivity contribution in [1.29, 1.82) is 0 Å². The lowest BCUT2D eigenvalue weighted by atomic mass is 9.98. The summed E-state index contributed by atoms with van der Waals surface area (Å²) in [5.74, 6) is 0.716. The lowest BCUT2D eigenvalue weighted by Gasteiger charge is -2.26. The average molecular weight is 1170 g/mol. The van der Waals surface area contributed by atoms with Gasteiger partial charge in [-0.25, -0.2) is 9.79 Å². The van der Waals surface area contributed by atoms with E-state index in [2.05, 4.69) is 25.8 Å². The standard InChI is InChI=1S/C27H28F6N4O2S.C14H17NO2S.C13H11F6N3/c1-15-7-6-8-18(22(15)24(39)35-25(3,4)14-40-5)23(38)34-19-10-9-17(11-16(19)2)13-37-21(27(31,32)33)12-20(36-37)26(28,29)30;1-9-6-5-7-10-11(9)12(17-13(10)16)15-14(2,3)8-18-4;1-7-4-8(2-3-9(7)20)6-22-11(13(17,18)19)5-10(21-22)12(14,15)16/h6-12H,13-14H2,1-5H3,(H,34,38)(H,35,39);5-7H,8H2,1-4H3;2-5H,6,20H2,1H3. The van der Waals surface area contributed by atoms with Crippen LogP contribution in [0.2, 0.25) is 0 Å².